The molecule has 1 aromatic heterocycles. The van der Waals surface area contributed by atoms with Crippen LogP contribution < -0.4 is 5.73 Å². The van der Waals surface area contributed by atoms with E-state index < -0.39 is 0 Å². The summed E-state index contributed by atoms with van der Waals surface area (Å²) in [4.78, 5) is 5.59. The molecule has 3 heteroatoms. The fourth-order valence-corrected chi connectivity index (χ4v) is 2.48. The number of nitrogens with two attached hydrogens (primary N) is 1. The summed E-state index contributed by atoms with van der Waals surface area (Å²) in [7, 11) is 0. The van der Waals surface area contributed by atoms with Crippen molar-refractivity contribution in [2.24, 2.45) is 0 Å². The lowest BCUT2D eigenvalue weighted by molar-refractivity contribution is 0.909. The molecule has 2 N–H and O–H groups in total. The molecule has 2 nitrogen and oxygen atoms in total. The number of nitrogens with zero attached hydrogens (tertiary/aromatic N) is 1. The average Bonchev–Trinajstić information content (AvgIpc) is 2.67. The van der Waals surface area contributed by atoms with Gasteiger partial charge in [0, 0.05) is 11.9 Å². The van der Waals surface area contributed by atoms with Gasteiger partial charge in [-0.2, -0.15) is 0 Å². The van der Waals surface area contributed by atoms with Crippen LogP contribution in [0.2, 0.25) is 0 Å². The highest BCUT2D eigenvalue weighted by Gasteiger charge is 2.03. The van der Waals surface area contributed by atoms with E-state index in [1.165, 1.54) is 9.88 Å². The highest BCUT2D eigenvalue weighted by molar-refractivity contribution is 7.15. The number of benzene rings is 1. The van der Waals surface area contributed by atoms with Gasteiger partial charge in [0.2, 0.25) is 0 Å². The third-order valence-corrected chi connectivity index (χ3v) is 3.29. The van der Waals surface area contributed by atoms with Gasteiger partial charge in [-0.3, -0.25) is 0 Å². The Morgan fingerprint density at radius 2 is 2.27 bits per heavy atom. The normalized spacial score (nSPS) is 10.5. The van der Waals surface area contributed by atoms with E-state index in [-0.39, 0.29) is 0 Å². The topological polar surface area (TPSA) is 38.9 Å². The van der Waals surface area contributed by atoms with Gasteiger partial charge in [-0.1, -0.05) is 19.1 Å². The maximum absolute atomic E-state index is 5.75. The van der Waals surface area contributed by atoms with Crippen molar-refractivity contribution < 1.29 is 0 Å². The summed E-state index contributed by atoms with van der Waals surface area (Å²) in [6.45, 7) is 2.17. The minimum absolute atomic E-state index is 0.804. The van der Waals surface area contributed by atoms with Crippen LogP contribution in [0.4, 0.5) is 5.69 Å². The van der Waals surface area contributed by atoms with Crippen molar-refractivity contribution in [1.29, 1.82) is 0 Å². The van der Waals surface area contributed by atoms with Crippen molar-refractivity contribution in [2.45, 2.75) is 19.8 Å². The van der Waals surface area contributed by atoms with Gasteiger partial charge in [0.25, 0.3) is 0 Å². The number of aryl methyl sites for hydroxylation is 1. The zero-order valence-corrected chi connectivity index (χ0v) is 9.55. The summed E-state index contributed by atoms with van der Waals surface area (Å²) >= 11 is 1.75. The summed E-state index contributed by atoms with van der Waals surface area (Å²) in [5, 5.41) is 1.20. The maximum Gasteiger partial charge on any atom is 0.0931 e. The molecule has 0 saturated carbocycles. The molecule has 0 amide bonds. The maximum atomic E-state index is 5.75. The summed E-state index contributed by atoms with van der Waals surface area (Å²) < 4.78 is 0. The van der Waals surface area contributed by atoms with Gasteiger partial charge < -0.3 is 5.73 Å². The number of nitrogen functional groups attached to an aromatic ring is 1. The quantitative estimate of drug-likeness (QED) is 0.802. The van der Waals surface area contributed by atoms with Gasteiger partial charge in [-0.25, -0.2) is 4.98 Å². The van der Waals surface area contributed by atoms with Crippen LogP contribution in [-0.2, 0) is 6.42 Å². The largest absolute Gasteiger partial charge is 0.399 e. The molecule has 0 atom stereocenters. The average molecular weight is 218 g/mol. The van der Waals surface area contributed by atoms with E-state index in [9.17, 15) is 0 Å². The number of hydrogen-bond acceptors (Lipinski definition) is 3. The van der Waals surface area contributed by atoms with Crippen LogP contribution in [0.1, 0.15) is 18.4 Å². The number of aromatic nitrogens is 1. The van der Waals surface area contributed by atoms with Gasteiger partial charge in [0.05, 0.1) is 9.88 Å². The van der Waals surface area contributed by atoms with Gasteiger partial charge in [0.15, 0.2) is 0 Å². The molecule has 0 aliphatic carbocycles. The Bertz CT molecular complexity index is 448. The van der Waals surface area contributed by atoms with Crippen molar-refractivity contribution in [3.63, 3.8) is 0 Å². The SMILES string of the molecule is CCCc1ncc(-c2cccc(N)c2)s1. The Morgan fingerprint density at radius 1 is 1.40 bits per heavy atom. The van der Waals surface area contributed by atoms with E-state index in [2.05, 4.69) is 18.0 Å². The van der Waals surface area contributed by atoms with Crippen molar-refractivity contribution in [3.05, 3.63) is 35.5 Å². The van der Waals surface area contributed by atoms with Gasteiger partial charge >= 0.3 is 0 Å². The fraction of sp³-hybridized carbons (Fsp3) is 0.250. The molecular weight excluding hydrogens is 204 g/mol. The van der Waals surface area contributed by atoms with E-state index >= 15 is 0 Å². The van der Waals surface area contributed by atoms with Gasteiger partial charge in [-0.05, 0) is 30.5 Å². The summed E-state index contributed by atoms with van der Waals surface area (Å²) in [5.74, 6) is 0. The summed E-state index contributed by atoms with van der Waals surface area (Å²) in [6, 6.07) is 7.93. The molecule has 0 fully saturated rings. The lowest BCUT2D eigenvalue weighted by atomic mass is 10.2. The molecule has 1 heterocycles. The highest BCUT2D eigenvalue weighted by Crippen LogP contribution is 2.27. The summed E-state index contributed by atoms with van der Waals surface area (Å²) in [6.07, 6.45) is 4.14. The Kier molecular flexibility index (Phi) is 3.02. The molecule has 0 unspecified atom stereocenters. The Balaban J connectivity index is 2.29. The monoisotopic (exact) mass is 218 g/mol. The molecule has 78 valence electrons. The lowest BCUT2D eigenvalue weighted by Crippen LogP contribution is -1.83. The first kappa shape index (κ1) is 10.2. The van der Waals surface area contributed by atoms with E-state index in [4.69, 9.17) is 5.73 Å². The molecule has 0 spiro atoms. The van der Waals surface area contributed by atoms with Crippen molar-refractivity contribution in [3.8, 4) is 10.4 Å². The minimum atomic E-state index is 0.804. The first-order valence-corrected chi connectivity index (χ1v) is 5.92. The lowest BCUT2D eigenvalue weighted by Gasteiger charge is -1.97. The number of anilines is 1. The Labute approximate surface area is 93.8 Å². The van der Waals surface area contributed by atoms with E-state index in [1.807, 2.05) is 24.4 Å². The Hall–Kier alpha value is -1.35. The van der Waals surface area contributed by atoms with E-state index in [0.29, 0.717) is 0 Å². The smallest absolute Gasteiger partial charge is 0.0931 e. The van der Waals surface area contributed by atoms with Gasteiger partial charge in [-0.15, -0.1) is 11.3 Å². The highest BCUT2D eigenvalue weighted by atomic mass is 32.1. The zero-order chi connectivity index (χ0) is 10.7. The third kappa shape index (κ3) is 2.36. The second-order valence-electron chi connectivity index (χ2n) is 3.49. The van der Waals surface area contributed by atoms with E-state index in [1.54, 1.807) is 11.3 Å². The van der Waals surface area contributed by atoms with Crippen LogP contribution in [0, 0.1) is 0 Å². The van der Waals surface area contributed by atoms with Crippen LogP contribution >= 0.6 is 11.3 Å². The van der Waals surface area contributed by atoms with Crippen LogP contribution in [-0.4, -0.2) is 4.98 Å². The number of rotatable bonds is 3. The van der Waals surface area contributed by atoms with Crippen LogP contribution in [0.25, 0.3) is 10.4 Å². The molecule has 0 aliphatic rings. The van der Waals surface area contributed by atoms with Crippen LogP contribution in [0.3, 0.4) is 0 Å². The molecule has 15 heavy (non-hydrogen) atoms. The molecule has 0 bridgehead atoms. The molecule has 0 aliphatic heterocycles. The molecule has 0 saturated heterocycles. The van der Waals surface area contributed by atoms with Crippen LogP contribution in [0.15, 0.2) is 30.5 Å². The first-order valence-electron chi connectivity index (χ1n) is 5.10. The second kappa shape index (κ2) is 4.45. The predicted octanol–water partition coefficient (Wildman–Crippen LogP) is 3.34. The predicted molar refractivity (Wildman–Crippen MR) is 66.0 cm³/mol. The molecule has 2 rings (SSSR count). The summed E-state index contributed by atoms with van der Waals surface area (Å²) in [5.41, 5.74) is 7.71. The second-order valence-corrected chi connectivity index (χ2v) is 4.61. The molecular formula is C12H14N2S. The van der Waals surface area contributed by atoms with Crippen molar-refractivity contribution in [2.75, 3.05) is 5.73 Å². The third-order valence-electron chi connectivity index (χ3n) is 2.19. The fourth-order valence-electron chi connectivity index (χ4n) is 1.47. The number of hydrogen-bond donors (Lipinski definition) is 1. The van der Waals surface area contributed by atoms with Crippen LogP contribution in [0.5, 0.6) is 0 Å². The standard InChI is InChI=1S/C12H14N2S/c1-2-4-12-14-8-11(15-12)9-5-3-6-10(13)7-9/h3,5-8H,2,4,13H2,1H3. The minimum Gasteiger partial charge on any atom is -0.399 e. The molecule has 2 aromatic rings. The number of thiazole rings is 1. The Morgan fingerprint density at radius 3 is 3.00 bits per heavy atom. The van der Waals surface area contributed by atoms with Crippen molar-refractivity contribution >= 4 is 17.0 Å². The van der Waals surface area contributed by atoms with E-state index in [0.717, 1.165) is 24.1 Å². The molecule has 0 radical (unpaired) electrons. The first-order chi connectivity index (χ1) is 7.29. The zero-order valence-electron chi connectivity index (χ0n) is 8.73. The molecule has 1 aromatic carbocycles. The van der Waals surface area contributed by atoms with Gasteiger partial charge in [0.1, 0.15) is 0 Å². The van der Waals surface area contributed by atoms with Crippen molar-refractivity contribution in [1.82, 2.24) is 4.98 Å².